The lowest BCUT2D eigenvalue weighted by Crippen LogP contribution is -2.12. The SMILES string of the molecule is CCCCC(CBr)CC(=O)OCC. The van der Waals surface area contributed by atoms with Gasteiger partial charge in [-0.1, -0.05) is 35.7 Å². The highest BCUT2D eigenvalue weighted by atomic mass is 79.9. The van der Waals surface area contributed by atoms with Crippen LogP contribution in [0.2, 0.25) is 0 Å². The van der Waals surface area contributed by atoms with E-state index in [1.54, 1.807) is 0 Å². The van der Waals surface area contributed by atoms with Crippen LogP contribution in [0.5, 0.6) is 0 Å². The van der Waals surface area contributed by atoms with Crippen LogP contribution in [0.3, 0.4) is 0 Å². The van der Waals surface area contributed by atoms with Crippen molar-refractivity contribution in [1.82, 2.24) is 0 Å². The first-order valence-electron chi connectivity index (χ1n) is 4.96. The summed E-state index contributed by atoms with van der Waals surface area (Å²) in [6, 6.07) is 0. The lowest BCUT2D eigenvalue weighted by molar-refractivity contribution is -0.144. The molecule has 13 heavy (non-hydrogen) atoms. The molecule has 0 rings (SSSR count). The molecule has 0 aromatic carbocycles. The molecule has 0 aliphatic rings. The van der Waals surface area contributed by atoms with Crippen LogP contribution in [-0.4, -0.2) is 17.9 Å². The number of hydrogen-bond acceptors (Lipinski definition) is 2. The first-order valence-corrected chi connectivity index (χ1v) is 6.08. The van der Waals surface area contributed by atoms with Crippen molar-refractivity contribution in [3.8, 4) is 0 Å². The van der Waals surface area contributed by atoms with E-state index in [1.165, 1.54) is 12.8 Å². The van der Waals surface area contributed by atoms with Crippen molar-refractivity contribution < 1.29 is 9.53 Å². The summed E-state index contributed by atoms with van der Waals surface area (Å²) in [5.74, 6) is 0.377. The quantitative estimate of drug-likeness (QED) is 0.513. The third-order valence-corrected chi connectivity index (χ3v) is 2.86. The average molecular weight is 251 g/mol. The van der Waals surface area contributed by atoms with E-state index in [0.29, 0.717) is 18.9 Å². The Kier molecular flexibility index (Phi) is 8.51. The Bertz CT molecular complexity index is 137. The van der Waals surface area contributed by atoms with Gasteiger partial charge in [-0.25, -0.2) is 0 Å². The number of unbranched alkanes of at least 4 members (excludes halogenated alkanes) is 1. The summed E-state index contributed by atoms with van der Waals surface area (Å²) in [5, 5.41) is 0.895. The van der Waals surface area contributed by atoms with Gasteiger partial charge in [0.2, 0.25) is 0 Å². The van der Waals surface area contributed by atoms with E-state index in [9.17, 15) is 4.79 Å². The molecule has 0 radical (unpaired) electrons. The number of hydrogen-bond donors (Lipinski definition) is 0. The maximum absolute atomic E-state index is 11.1. The molecule has 0 fully saturated rings. The van der Waals surface area contributed by atoms with Gasteiger partial charge >= 0.3 is 5.97 Å². The summed E-state index contributed by atoms with van der Waals surface area (Å²) in [6.07, 6.45) is 4.04. The Morgan fingerprint density at radius 1 is 1.46 bits per heavy atom. The largest absolute Gasteiger partial charge is 0.466 e. The van der Waals surface area contributed by atoms with Crippen molar-refractivity contribution in [2.75, 3.05) is 11.9 Å². The molecule has 0 aromatic rings. The van der Waals surface area contributed by atoms with Crippen LogP contribution >= 0.6 is 15.9 Å². The van der Waals surface area contributed by atoms with Gasteiger partial charge in [-0.15, -0.1) is 0 Å². The zero-order valence-corrected chi connectivity index (χ0v) is 10.1. The summed E-state index contributed by atoms with van der Waals surface area (Å²) in [5.41, 5.74) is 0. The van der Waals surface area contributed by atoms with Crippen molar-refractivity contribution >= 4 is 21.9 Å². The second kappa shape index (κ2) is 8.54. The fourth-order valence-electron chi connectivity index (χ4n) is 1.18. The molecule has 0 bridgehead atoms. The minimum absolute atomic E-state index is 0.0666. The maximum atomic E-state index is 11.1. The van der Waals surface area contributed by atoms with Gasteiger partial charge in [0, 0.05) is 11.8 Å². The van der Waals surface area contributed by atoms with E-state index in [1.807, 2.05) is 6.92 Å². The molecule has 0 spiro atoms. The molecule has 78 valence electrons. The summed E-state index contributed by atoms with van der Waals surface area (Å²) >= 11 is 3.42. The molecule has 0 amide bonds. The fraction of sp³-hybridized carbons (Fsp3) is 0.900. The zero-order valence-electron chi connectivity index (χ0n) is 8.51. The third kappa shape index (κ3) is 7.05. The molecule has 0 N–H and O–H groups in total. The van der Waals surface area contributed by atoms with Crippen molar-refractivity contribution in [2.24, 2.45) is 5.92 Å². The zero-order chi connectivity index (χ0) is 10.1. The van der Waals surface area contributed by atoms with E-state index in [0.717, 1.165) is 11.8 Å². The second-order valence-electron chi connectivity index (χ2n) is 3.17. The van der Waals surface area contributed by atoms with Crippen molar-refractivity contribution in [3.63, 3.8) is 0 Å². The topological polar surface area (TPSA) is 26.3 Å². The number of carbonyl (C=O) groups is 1. The van der Waals surface area contributed by atoms with Crippen molar-refractivity contribution in [1.29, 1.82) is 0 Å². The first kappa shape index (κ1) is 12.9. The first-order chi connectivity index (χ1) is 6.24. The summed E-state index contributed by atoms with van der Waals surface area (Å²) in [4.78, 5) is 11.1. The second-order valence-corrected chi connectivity index (χ2v) is 3.82. The van der Waals surface area contributed by atoms with E-state index in [2.05, 4.69) is 22.9 Å². The predicted octanol–water partition coefficient (Wildman–Crippen LogP) is 3.14. The Morgan fingerprint density at radius 2 is 2.15 bits per heavy atom. The minimum Gasteiger partial charge on any atom is -0.466 e. The molecule has 0 heterocycles. The Hall–Kier alpha value is -0.0500. The van der Waals surface area contributed by atoms with Crippen molar-refractivity contribution in [2.45, 2.75) is 39.5 Å². The van der Waals surface area contributed by atoms with Gasteiger partial charge in [0.15, 0.2) is 0 Å². The normalized spacial score (nSPS) is 12.5. The predicted molar refractivity (Wildman–Crippen MR) is 58.1 cm³/mol. The van der Waals surface area contributed by atoms with Gasteiger partial charge in [0.1, 0.15) is 0 Å². The Labute approximate surface area is 89.2 Å². The molecule has 3 heteroatoms. The van der Waals surface area contributed by atoms with Crippen LogP contribution in [0.4, 0.5) is 0 Å². The van der Waals surface area contributed by atoms with E-state index >= 15 is 0 Å². The monoisotopic (exact) mass is 250 g/mol. The molecule has 0 aliphatic heterocycles. The van der Waals surface area contributed by atoms with Crippen LogP contribution in [0.15, 0.2) is 0 Å². The maximum Gasteiger partial charge on any atom is 0.306 e. The standard InChI is InChI=1S/C10H19BrO2/c1-3-5-6-9(8-11)7-10(12)13-4-2/h9H,3-8H2,1-2H3. The molecule has 0 saturated heterocycles. The lowest BCUT2D eigenvalue weighted by atomic mass is 10.0. The Balaban J connectivity index is 3.62. The number of rotatable bonds is 7. The van der Waals surface area contributed by atoms with E-state index in [-0.39, 0.29) is 5.97 Å². The molecule has 0 aromatic heterocycles. The summed E-state index contributed by atoms with van der Waals surface area (Å²) < 4.78 is 4.89. The highest BCUT2D eigenvalue weighted by molar-refractivity contribution is 9.09. The lowest BCUT2D eigenvalue weighted by Gasteiger charge is -2.11. The smallest absolute Gasteiger partial charge is 0.306 e. The minimum atomic E-state index is -0.0666. The molecule has 1 unspecified atom stereocenters. The molecule has 2 nitrogen and oxygen atoms in total. The summed E-state index contributed by atoms with van der Waals surface area (Å²) in [6.45, 7) is 4.49. The van der Waals surface area contributed by atoms with Gasteiger partial charge in [0.25, 0.3) is 0 Å². The number of alkyl halides is 1. The van der Waals surface area contributed by atoms with Crippen LogP contribution in [0.25, 0.3) is 0 Å². The Morgan fingerprint density at radius 3 is 2.62 bits per heavy atom. The van der Waals surface area contributed by atoms with Crippen LogP contribution in [0, 0.1) is 5.92 Å². The van der Waals surface area contributed by atoms with Gasteiger partial charge in [0.05, 0.1) is 6.61 Å². The molecular weight excluding hydrogens is 232 g/mol. The molecular formula is C10H19BrO2. The fourth-order valence-corrected chi connectivity index (χ4v) is 1.73. The highest BCUT2D eigenvalue weighted by Crippen LogP contribution is 2.15. The number of esters is 1. The third-order valence-electron chi connectivity index (χ3n) is 1.94. The number of halogens is 1. The van der Waals surface area contributed by atoms with Gasteiger partial charge < -0.3 is 4.74 Å². The highest BCUT2D eigenvalue weighted by Gasteiger charge is 2.12. The summed E-state index contributed by atoms with van der Waals surface area (Å²) in [7, 11) is 0. The average Bonchev–Trinajstić information content (AvgIpc) is 2.12. The molecule has 0 saturated carbocycles. The van der Waals surface area contributed by atoms with Crippen LogP contribution in [0.1, 0.15) is 39.5 Å². The number of carbonyl (C=O) groups excluding carboxylic acids is 1. The molecule has 0 aliphatic carbocycles. The van der Waals surface area contributed by atoms with Gasteiger partial charge in [-0.3, -0.25) is 4.79 Å². The van der Waals surface area contributed by atoms with Crippen LogP contribution in [-0.2, 0) is 9.53 Å². The van der Waals surface area contributed by atoms with E-state index in [4.69, 9.17) is 4.74 Å². The van der Waals surface area contributed by atoms with Gasteiger partial charge in [-0.2, -0.15) is 0 Å². The van der Waals surface area contributed by atoms with Gasteiger partial charge in [-0.05, 0) is 19.3 Å². The molecule has 1 atom stereocenters. The van der Waals surface area contributed by atoms with Crippen molar-refractivity contribution in [3.05, 3.63) is 0 Å². The van der Waals surface area contributed by atoms with E-state index < -0.39 is 0 Å². The van der Waals surface area contributed by atoms with Crippen LogP contribution < -0.4 is 0 Å². The number of ether oxygens (including phenoxy) is 1.